The van der Waals surface area contributed by atoms with Gasteiger partial charge >= 0.3 is 0 Å². The number of aromatic nitrogens is 1. The minimum Gasteiger partial charge on any atom is -0.345 e. The van der Waals surface area contributed by atoms with E-state index in [-0.39, 0.29) is 30.0 Å². The van der Waals surface area contributed by atoms with E-state index in [1.54, 1.807) is 4.90 Å². The lowest BCUT2D eigenvalue weighted by molar-refractivity contribution is -0.130. The SMILES string of the molecule is CC(C)c1ccc([C@H](C)NC(=O)c2ccc(=O)n(CC(=O)N3CCCC3)c2)cc1. The molecule has 0 spiro atoms. The molecule has 2 aromatic rings. The summed E-state index contributed by atoms with van der Waals surface area (Å²) in [6.45, 7) is 7.65. The molecular formula is C23H29N3O3. The summed E-state index contributed by atoms with van der Waals surface area (Å²) in [5, 5.41) is 2.97. The number of likely N-dealkylation sites (tertiary alicyclic amines) is 1. The molecule has 0 bridgehead atoms. The molecule has 1 aliphatic rings. The fourth-order valence-electron chi connectivity index (χ4n) is 3.53. The van der Waals surface area contributed by atoms with Gasteiger partial charge in [0, 0.05) is 25.4 Å². The summed E-state index contributed by atoms with van der Waals surface area (Å²) in [5.74, 6) is 0.104. The number of benzene rings is 1. The molecule has 1 saturated heterocycles. The number of amides is 2. The van der Waals surface area contributed by atoms with Crippen LogP contribution in [-0.2, 0) is 11.3 Å². The van der Waals surface area contributed by atoms with Gasteiger partial charge in [-0.15, -0.1) is 0 Å². The number of pyridine rings is 1. The molecule has 0 radical (unpaired) electrons. The average Bonchev–Trinajstić information content (AvgIpc) is 3.24. The van der Waals surface area contributed by atoms with Gasteiger partial charge in [0.1, 0.15) is 6.54 Å². The smallest absolute Gasteiger partial charge is 0.253 e. The van der Waals surface area contributed by atoms with Crippen LogP contribution < -0.4 is 10.9 Å². The van der Waals surface area contributed by atoms with Gasteiger partial charge in [-0.1, -0.05) is 38.1 Å². The molecule has 6 heteroatoms. The Labute approximate surface area is 171 Å². The van der Waals surface area contributed by atoms with Crippen LogP contribution in [0.5, 0.6) is 0 Å². The number of nitrogens with one attached hydrogen (secondary N) is 1. The normalized spacial score (nSPS) is 14.8. The van der Waals surface area contributed by atoms with Gasteiger partial charge in [-0.05, 0) is 42.9 Å². The molecule has 2 amide bonds. The third-order valence-electron chi connectivity index (χ3n) is 5.46. The molecule has 3 rings (SSSR count). The zero-order valence-electron chi connectivity index (χ0n) is 17.4. The zero-order chi connectivity index (χ0) is 21.0. The molecule has 2 heterocycles. The Morgan fingerprint density at radius 3 is 2.21 bits per heavy atom. The quantitative estimate of drug-likeness (QED) is 0.817. The van der Waals surface area contributed by atoms with Crippen LogP contribution in [0.2, 0.25) is 0 Å². The number of carbonyl (C=O) groups excluding carboxylic acids is 2. The van der Waals surface area contributed by atoms with Gasteiger partial charge in [0.15, 0.2) is 0 Å². The van der Waals surface area contributed by atoms with Gasteiger partial charge in [0.25, 0.3) is 11.5 Å². The summed E-state index contributed by atoms with van der Waals surface area (Å²) in [4.78, 5) is 38.9. The predicted octanol–water partition coefficient (Wildman–Crippen LogP) is 3.09. The second kappa shape index (κ2) is 9.07. The summed E-state index contributed by atoms with van der Waals surface area (Å²) in [7, 11) is 0. The molecule has 1 N–H and O–H groups in total. The first-order chi connectivity index (χ1) is 13.8. The van der Waals surface area contributed by atoms with Crippen molar-refractivity contribution in [1.29, 1.82) is 0 Å². The largest absolute Gasteiger partial charge is 0.345 e. The number of hydrogen-bond acceptors (Lipinski definition) is 3. The zero-order valence-corrected chi connectivity index (χ0v) is 17.4. The maximum atomic E-state index is 12.7. The Balaban J connectivity index is 1.68. The Hall–Kier alpha value is -2.89. The number of rotatable bonds is 6. The Morgan fingerprint density at radius 1 is 0.966 bits per heavy atom. The topological polar surface area (TPSA) is 71.4 Å². The van der Waals surface area contributed by atoms with Crippen LogP contribution in [0.4, 0.5) is 0 Å². The minimum atomic E-state index is -0.286. The van der Waals surface area contributed by atoms with Crippen molar-refractivity contribution in [2.24, 2.45) is 0 Å². The molecule has 1 fully saturated rings. The maximum Gasteiger partial charge on any atom is 0.253 e. The van der Waals surface area contributed by atoms with E-state index >= 15 is 0 Å². The highest BCUT2D eigenvalue weighted by Crippen LogP contribution is 2.19. The monoisotopic (exact) mass is 395 g/mol. The lowest BCUT2D eigenvalue weighted by atomic mass is 9.99. The summed E-state index contributed by atoms with van der Waals surface area (Å²) in [5.41, 5.74) is 2.35. The van der Waals surface area contributed by atoms with Crippen LogP contribution in [0, 0.1) is 0 Å². The predicted molar refractivity (Wildman–Crippen MR) is 113 cm³/mol. The summed E-state index contributed by atoms with van der Waals surface area (Å²) < 4.78 is 1.32. The Morgan fingerprint density at radius 2 is 1.59 bits per heavy atom. The van der Waals surface area contributed by atoms with Gasteiger partial charge in [-0.25, -0.2) is 0 Å². The number of nitrogens with zero attached hydrogens (tertiary/aromatic N) is 2. The fourth-order valence-corrected chi connectivity index (χ4v) is 3.53. The van der Waals surface area contributed by atoms with Gasteiger partial charge < -0.3 is 14.8 Å². The molecule has 29 heavy (non-hydrogen) atoms. The van der Waals surface area contributed by atoms with Crippen LogP contribution in [0.3, 0.4) is 0 Å². The summed E-state index contributed by atoms with van der Waals surface area (Å²) in [6, 6.07) is 10.9. The van der Waals surface area contributed by atoms with Gasteiger partial charge in [0.05, 0.1) is 11.6 Å². The molecule has 1 aromatic heterocycles. The second-order valence-corrected chi connectivity index (χ2v) is 7.99. The summed E-state index contributed by atoms with van der Waals surface area (Å²) in [6.07, 6.45) is 3.47. The highest BCUT2D eigenvalue weighted by molar-refractivity contribution is 5.94. The first-order valence-corrected chi connectivity index (χ1v) is 10.2. The molecule has 6 nitrogen and oxygen atoms in total. The van der Waals surface area contributed by atoms with Crippen LogP contribution in [0.15, 0.2) is 47.4 Å². The van der Waals surface area contributed by atoms with E-state index in [0.717, 1.165) is 31.5 Å². The average molecular weight is 396 g/mol. The van der Waals surface area contributed by atoms with Crippen molar-refractivity contribution in [2.45, 2.75) is 52.1 Å². The molecule has 0 aliphatic carbocycles. The first-order valence-electron chi connectivity index (χ1n) is 10.2. The molecular weight excluding hydrogens is 366 g/mol. The van der Waals surface area contributed by atoms with Gasteiger partial charge in [0.2, 0.25) is 5.91 Å². The van der Waals surface area contributed by atoms with E-state index in [1.165, 1.54) is 28.5 Å². The Bertz CT molecular complexity index is 925. The van der Waals surface area contributed by atoms with Crippen molar-refractivity contribution in [3.8, 4) is 0 Å². The fraction of sp³-hybridized carbons (Fsp3) is 0.435. The highest BCUT2D eigenvalue weighted by Gasteiger charge is 2.19. The van der Waals surface area contributed by atoms with Crippen molar-refractivity contribution in [2.75, 3.05) is 13.1 Å². The third kappa shape index (κ3) is 5.13. The second-order valence-electron chi connectivity index (χ2n) is 7.99. The first kappa shape index (κ1) is 20.8. The van der Waals surface area contributed by atoms with E-state index in [9.17, 15) is 14.4 Å². The molecule has 1 atom stereocenters. The van der Waals surface area contributed by atoms with E-state index < -0.39 is 0 Å². The number of carbonyl (C=O) groups is 2. The van der Waals surface area contributed by atoms with Crippen LogP contribution >= 0.6 is 0 Å². The molecule has 0 unspecified atom stereocenters. The van der Waals surface area contributed by atoms with Crippen molar-refractivity contribution < 1.29 is 9.59 Å². The lowest BCUT2D eigenvalue weighted by Gasteiger charge is -2.17. The van der Waals surface area contributed by atoms with E-state index in [4.69, 9.17) is 0 Å². The molecule has 1 aromatic carbocycles. The maximum absolute atomic E-state index is 12.7. The molecule has 154 valence electrons. The standard InChI is InChI=1S/C23H29N3O3/c1-16(2)18-6-8-19(9-7-18)17(3)24-23(29)20-10-11-21(27)26(14-20)15-22(28)25-12-4-5-13-25/h6-11,14,16-17H,4-5,12-13,15H2,1-3H3,(H,24,29)/t17-/m0/s1. The lowest BCUT2D eigenvalue weighted by Crippen LogP contribution is -2.35. The molecule has 1 aliphatic heterocycles. The summed E-state index contributed by atoms with van der Waals surface area (Å²) >= 11 is 0. The van der Waals surface area contributed by atoms with E-state index in [0.29, 0.717) is 11.5 Å². The van der Waals surface area contributed by atoms with Crippen molar-refractivity contribution in [3.63, 3.8) is 0 Å². The number of hydrogen-bond donors (Lipinski definition) is 1. The van der Waals surface area contributed by atoms with Crippen molar-refractivity contribution >= 4 is 11.8 Å². The van der Waals surface area contributed by atoms with E-state index in [1.807, 2.05) is 19.1 Å². The minimum absolute atomic E-state index is 0.0355. The van der Waals surface area contributed by atoms with Crippen molar-refractivity contribution in [3.05, 3.63) is 69.6 Å². The van der Waals surface area contributed by atoms with Crippen LogP contribution in [0.25, 0.3) is 0 Å². The molecule has 0 saturated carbocycles. The third-order valence-corrected chi connectivity index (χ3v) is 5.46. The van der Waals surface area contributed by atoms with Crippen LogP contribution in [0.1, 0.15) is 67.1 Å². The van der Waals surface area contributed by atoms with E-state index in [2.05, 4.69) is 31.3 Å². The van der Waals surface area contributed by atoms with Crippen molar-refractivity contribution in [1.82, 2.24) is 14.8 Å². The highest BCUT2D eigenvalue weighted by atomic mass is 16.2. The van der Waals surface area contributed by atoms with Crippen LogP contribution in [-0.4, -0.2) is 34.4 Å². The Kier molecular flexibility index (Phi) is 6.52. The van der Waals surface area contributed by atoms with Gasteiger partial charge in [-0.3, -0.25) is 14.4 Å². The van der Waals surface area contributed by atoms with Gasteiger partial charge in [-0.2, -0.15) is 0 Å².